The van der Waals surface area contributed by atoms with Gasteiger partial charge in [-0.05, 0) is 54.9 Å². The van der Waals surface area contributed by atoms with E-state index in [9.17, 15) is 13.6 Å². The minimum Gasteiger partial charge on any atom is -0.383 e. The van der Waals surface area contributed by atoms with Gasteiger partial charge in [0, 0.05) is 25.7 Å². The fourth-order valence-corrected chi connectivity index (χ4v) is 4.05. The molecule has 0 amide bonds. The van der Waals surface area contributed by atoms with E-state index in [1.165, 1.54) is 12.6 Å². The molecule has 1 fully saturated rings. The van der Waals surface area contributed by atoms with Gasteiger partial charge in [0.25, 0.3) is 0 Å². The lowest BCUT2D eigenvalue weighted by Gasteiger charge is -2.34. The molecule has 29 heavy (non-hydrogen) atoms. The van der Waals surface area contributed by atoms with Crippen molar-refractivity contribution in [2.24, 2.45) is 11.8 Å². The van der Waals surface area contributed by atoms with Crippen LogP contribution in [0.2, 0.25) is 0 Å². The van der Waals surface area contributed by atoms with E-state index in [2.05, 4.69) is 28.7 Å². The number of pyridine rings is 2. The van der Waals surface area contributed by atoms with E-state index < -0.39 is 18.6 Å². The SMILES string of the molecule is CC(C)C[C@@H]1CCCN(c2ccc(CC(F)F)c(C(=O)c3cccnc3N)n2)C1. The number of ketones is 1. The summed E-state index contributed by atoms with van der Waals surface area (Å²) < 4.78 is 26.2. The quantitative estimate of drug-likeness (QED) is 0.697. The second-order valence-electron chi connectivity index (χ2n) is 8.12. The normalized spacial score (nSPS) is 17.2. The zero-order valence-corrected chi connectivity index (χ0v) is 16.9. The third-order valence-corrected chi connectivity index (χ3v) is 5.28. The van der Waals surface area contributed by atoms with Gasteiger partial charge in [-0.1, -0.05) is 19.9 Å². The average molecular weight is 402 g/mol. The summed E-state index contributed by atoms with van der Waals surface area (Å²) in [6.45, 7) is 6.14. The Kier molecular flexibility index (Phi) is 6.77. The monoisotopic (exact) mass is 402 g/mol. The number of rotatable bonds is 7. The van der Waals surface area contributed by atoms with E-state index in [0.717, 1.165) is 25.9 Å². The number of hydrogen-bond donors (Lipinski definition) is 1. The highest BCUT2D eigenvalue weighted by molar-refractivity contribution is 6.11. The Morgan fingerprint density at radius 1 is 1.31 bits per heavy atom. The molecule has 1 atom stereocenters. The van der Waals surface area contributed by atoms with Gasteiger partial charge in [-0.15, -0.1) is 0 Å². The molecule has 1 aliphatic heterocycles. The summed E-state index contributed by atoms with van der Waals surface area (Å²) in [5.41, 5.74) is 6.29. The van der Waals surface area contributed by atoms with Crippen molar-refractivity contribution in [3.8, 4) is 0 Å². The van der Waals surface area contributed by atoms with Crippen LogP contribution in [0.25, 0.3) is 0 Å². The molecule has 0 aliphatic carbocycles. The Labute approximate surface area is 170 Å². The van der Waals surface area contributed by atoms with E-state index in [0.29, 0.717) is 17.7 Å². The first-order chi connectivity index (χ1) is 13.8. The summed E-state index contributed by atoms with van der Waals surface area (Å²) in [7, 11) is 0. The predicted molar refractivity (Wildman–Crippen MR) is 110 cm³/mol. The topological polar surface area (TPSA) is 72.1 Å². The van der Waals surface area contributed by atoms with Crippen LogP contribution in [-0.4, -0.2) is 35.3 Å². The number of hydrogen-bond acceptors (Lipinski definition) is 5. The lowest BCUT2D eigenvalue weighted by Crippen LogP contribution is -2.36. The first kappa shape index (κ1) is 21.1. The number of aromatic nitrogens is 2. The van der Waals surface area contributed by atoms with Gasteiger partial charge in [0.1, 0.15) is 17.3 Å². The van der Waals surface area contributed by atoms with Gasteiger partial charge in [0.15, 0.2) is 0 Å². The summed E-state index contributed by atoms with van der Waals surface area (Å²) in [5.74, 6) is 1.44. The molecule has 0 unspecified atom stereocenters. The summed E-state index contributed by atoms with van der Waals surface area (Å²) in [5, 5.41) is 0. The van der Waals surface area contributed by atoms with Crippen LogP contribution in [0, 0.1) is 11.8 Å². The Balaban J connectivity index is 1.93. The average Bonchev–Trinajstić information content (AvgIpc) is 2.67. The highest BCUT2D eigenvalue weighted by Gasteiger charge is 2.25. The minimum absolute atomic E-state index is 0.0356. The van der Waals surface area contributed by atoms with Crippen molar-refractivity contribution in [2.75, 3.05) is 23.7 Å². The Hall–Kier alpha value is -2.57. The third-order valence-electron chi connectivity index (χ3n) is 5.28. The Bertz CT molecular complexity index is 856. The molecule has 3 heterocycles. The summed E-state index contributed by atoms with van der Waals surface area (Å²) in [4.78, 5) is 23.7. The number of piperidine rings is 1. The fourth-order valence-electron chi connectivity index (χ4n) is 4.05. The first-order valence-corrected chi connectivity index (χ1v) is 10.1. The summed E-state index contributed by atoms with van der Waals surface area (Å²) >= 11 is 0. The molecule has 2 aromatic heterocycles. The van der Waals surface area contributed by atoms with E-state index >= 15 is 0 Å². The zero-order chi connectivity index (χ0) is 21.0. The van der Waals surface area contributed by atoms with Crippen LogP contribution in [0.1, 0.15) is 54.7 Å². The number of anilines is 2. The smallest absolute Gasteiger partial charge is 0.242 e. The number of nitrogens with two attached hydrogens (primary N) is 1. The number of alkyl halides is 2. The van der Waals surface area contributed by atoms with Crippen LogP contribution in [0.5, 0.6) is 0 Å². The molecular formula is C22H28F2N4O. The van der Waals surface area contributed by atoms with Gasteiger partial charge in [-0.25, -0.2) is 18.7 Å². The number of halogens is 2. The molecule has 5 nitrogen and oxygen atoms in total. The van der Waals surface area contributed by atoms with Gasteiger partial charge >= 0.3 is 0 Å². The van der Waals surface area contributed by atoms with Crippen LogP contribution < -0.4 is 10.6 Å². The highest BCUT2D eigenvalue weighted by atomic mass is 19.3. The van der Waals surface area contributed by atoms with Crippen molar-refractivity contribution < 1.29 is 13.6 Å². The molecule has 1 aliphatic rings. The lowest BCUT2D eigenvalue weighted by molar-refractivity contribution is 0.103. The van der Waals surface area contributed by atoms with Crippen LogP contribution in [0.4, 0.5) is 20.4 Å². The lowest BCUT2D eigenvalue weighted by atomic mass is 9.89. The largest absolute Gasteiger partial charge is 0.383 e. The van der Waals surface area contributed by atoms with Gasteiger partial charge in [0.05, 0.1) is 5.56 Å². The predicted octanol–water partition coefficient (Wildman–Crippen LogP) is 4.36. The molecule has 3 rings (SSSR count). The van der Waals surface area contributed by atoms with E-state index in [4.69, 9.17) is 5.73 Å². The van der Waals surface area contributed by atoms with Crippen LogP contribution in [0.15, 0.2) is 30.5 Å². The van der Waals surface area contributed by atoms with Crippen molar-refractivity contribution in [1.29, 1.82) is 0 Å². The van der Waals surface area contributed by atoms with Crippen molar-refractivity contribution >= 4 is 17.4 Å². The van der Waals surface area contributed by atoms with Crippen molar-refractivity contribution in [2.45, 2.75) is 46.0 Å². The molecule has 0 aromatic carbocycles. The van der Waals surface area contributed by atoms with Gasteiger partial charge in [-0.2, -0.15) is 0 Å². The molecule has 0 bridgehead atoms. The Morgan fingerprint density at radius 3 is 2.79 bits per heavy atom. The third kappa shape index (κ3) is 5.28. The van der Waals surface area contributed by atoms with Crippen LogP contribution in [0.3, 0.4) is 0 Å². The molecule has 7 heteroatoms. The summed E-state index contributed by atoms with van der Waals surface area (Å²) in [6.07, 6.45) is 1.76. The van der Waals surface area contributed by atoms with Crippen LogP contribution in [-0.2, 0) is 6.42 Å². The number of nitrogens with zero attached hydrogens (tertiary/aromatic N) is 3. The standard InChI is InChI=1S/C22H28F2N4O/c1-14(2)11-15-5-4-10-28(13-15)19-8-7-16(12-18(23)24)20(27-19)21(29)17-6-3-9-26-22(17)25/h3,6-9,14-15,18H,4-5,10-13H2,1-2H3,(H2,25,26)/t15-/m0/s1. The molecule has 2 aromatic rings. The molecule has 0 spiro atoms. The molecular weight excluding hydrogens is 374 g/mol. The number of carbonyl (C=O) groups is 1. The zero-order valence-electron chi connectivity index (χ0n) is 16.9. The minimum atomic E-state index is -2.56. The highest BCUT2D eigenvalue weighted by Crippen LogP contribution is 2.28. The maximum Gasteiger partial charge on any atom is 0.242 e. The van der Waals surface area contributed by atoms with Crippen molar-refractivity contribution in [3.63, 3.8) is 0 Å². The maximum absolute atomic E-state index is 13.1. The number of carbonyl (C=O) groups excluding carboxylic acids is 1. The molecule has 0 radical (unpaired) electrons. The molecule has 0 saturated carbocycles. The second-order valence-corrected chi connectivity index (χ2v) is 8.12. The number of nitrogen functional groups attached to an aromatic ring is 1. The van der Waals surface area contributed by atoms with Gasteiger partial charge in [0.2, 0.25) is 12.2 Å². The van der Waals surface area contributed by atoms with E-state index in [1.807, 2.05) is 0 Å². The second kappa shape index (κ2) is 9.29. The van der Waals surface area contributed by atoms with Gasteiger partial charge in [-0.3, -0.25) is 4.79 Å². The molecule has 156 valence electrons. The Morgan fingerprint density at radius 2 is 2.10 bits per heavy atom. The maximum atomic E-state index is 13.1. The van der Waals surface area contributed by atoms with Crippen molar-refractivity contribution in [3.05, 3.63) is 47.3 Å². The summed E-state index contributed by atoms with van der Waals surface area (Å²) in [6, 6.07) is 6.49. The fraction of sp³-hybridized carbons (Fsp3) is 0.500. The van der Waals surface area contributed by atoms with Crippen LogP contribution >= 0.6 is 0 Å². The molecule has 2 N–H and O–H groups in total. The first-order valence-electron chi connectivity index (χ1n) is 10.1. The molecule has 1 saturated heterocycles. The van der Waals surface area contributed by atoms with Crippen molar-refractivity contribution in [1.82, 2.24) is 9.97 Å². The van der Waals surface area contributed by atoms with E-state index in [1.54, 1.807) is 24.3 Å². The van der Waals surface area contributed by atoms with E-state index in [-0.39, 0.29) is 22.6 Å². The van der Waals surface area contributed by atoms with Gasteiger partial charge < -0.3 is 10.6 Å².